The lowest BCUT2D eigenvalue weighted by molar-refractivity contribution is -0.384. The first-order chi connectivity index (χ1) is 16.5. The van der Waals surface area contributed by atoms with Gasteiger partial charge in [0.1, 0.15) is 11.6 Å². The molecule has 1 aromatic heterocycles. The van der Waals surface area contributed by atoms with Crippen LogP contribution in [-0.2, 0) is 6.42 Å². The Bertz CT molecular complexity index is 1120. The maximum absolute atomic E-state index is 13.1. The SMILES string of the molecule is O=C(NCCN1CCN(c2nc(Cc3ccc(F)cc3)ns2)CC1)Nc1ccc([N+](=O)[O-])cc1. The molecule has 178 valence electrons. The minimum absolute atomic E-state index is 0.0252. The van der Waals surface area contributed by atoms with Crippen LogP contribution in [0.4, 0.5) is 25.7 Å². The molecule has 2 amide bonds. The topological polar surface area (TPSA) is 117 Å². The molecule has 0 saturated carbocycles. The van der Waals surface area contributed by atoms with Crippen molar-refractivity contribution in [3.05, 3.63) is 75.9 Å². The van der Waals surface area contributed by atoms with Crippen LogP contribution in [0.1, 0.15) is 11.4 Å². The fourth-order valence-electron chi connectivity index (χ4n) is 3.56. The van der Waals surface area contributed by atoms with E-state index in [2.05, 4.69) is 29.8 Å². The van der Waals surface area contributed by atoms with Gasteiger partial charge in [0.2, 0.25) is 5.13 Å². The normalized spacial score (nSPS) is 14.1. The molecule has 2 heterocycles. The summed E-state index contributed by atoms with van der Waals surface area (Å²) >= 11 is 1.37. The number of nitrogens with one attached hydrogen (secondary N) is 2. The summed E-state index contributed by atoms with van der Waals surface area (Å²) in [4.78, 5) is 31.4. The molecule has 1 aliphatic heterocycles. The van der Waals surface area contributed by atoms with E-state index in [1.807, 2.05) is 0 Å². The van der Waals surface area contributed by atoms with E-state index in [9.17, 15) is 19.3 Å². The van der Waals surface area contributed by atoms with E-state index in [-0.39, 0.29) is 17.5 Å². The molecule has 12 heteroatoms. The van der Waals surface area contributed by atoms with Gasteiger partial charge < -0.3 is 15.5 Å². The lowest BCUT2D eigenvalue weighted by Gasteiger charge is -2.34. The summed E-state index contributed by atoms with van der Waals surface area (Å²) in [6, 6.07) is 11.7. The smallest absolute Gasteiger partial charge is 0.319 e. The number of amides is 2. The number of non-ortho nitro benzene ring substituents is 1. The summed E-state index contributed by atoms with van der Waals surface area (Å²) in [5, 5.41) is 17.0. The Morgan fingerprint density at radius 1 is 1.09 bits per heavy atom. The van der Waals surface area contributed by atoms with E-state index < -0.39 is 4.92 Å². The molecule has 2 aromatic carbocycles. The first kappa shape index (κ1) is 23.5. The Kier molecular flexibility index (Phi) is 7.60. The predicted octanol–water partition coefficient (Wildman–Crippen LogP) is 3.12. The first-order valence-electron chi connectivity index (χ1n) is 10.8. The fourth-order valence-corrected chi connectivity index (χ4v) is 4.30. The predicted molar refractivity (Wildman–Crippen MR) is 128 cm³/mol. The van der Waals surface area contributed by atoms with Crippen molar-refractivity contribution in [2.24, 2.45) is 0 Å². The number of nitro groups is 1. The average Bonchev–Trinajstić information content (AvgIpc) is 3.30. The van der Waals surface area contributed by atoms with Crippen molar-refractivity contribution in [3.8, 4) is 0 Å². The number of hydrogen-bond donors (Lipinski definition) is 2. The van der Waals surface area contributed by atoms with Gasteiger partial charge >= 0.3 is 6.03 Å². The molecule has 4 rings (SSSR count). The Balaban J connectivity index is 1.16. The largest absolute Gasteiger partial charge is 0.344 e. The summed E-state index contributed by atoms with van der Waals surface area (Å²) in [7, 11) is 0. The van der Waals surface area contributed by atoms with Crippen molar-refractivity contribution in [3.63, 3.8) is 0 Å². The number of carbonyl (C=O) groups excluding carboxylic acids is 1. The van der Waals surface area contributed by atoms with E-state index in [4.69, 9.17) is 0 Å². The zero-order valence-electron chi connectivity index (χ0n) is 18.3. The van der Waals surface area contributed by atoms with Crippen LogP contribution in [0.2, 0.25) is 0 Å². The third kappa shape index (κ3) is 6.45. The van der Waals surface area contributed by atoms with E-state index in [1.165, 1.54) is 47.9 Å². The van der Waals surface area contributed by atoms with Crippen LogP contribution in [0.25, 0.3) is 0 Å². The zero-order valence-corrected chi connectivity index (χ0v) is 19.1. The van der Waals surface area contributed by atoms with Crippen molar-refractivity contribution in [1.29, 1.82) is 0 Å². The van der Waals surface area contributed by atoms with Crippen LogP contribution in [0.3, 0.4) is 0 Å². The van der Waals surface area contributed by atoms with Crippen molar-refractivity contribution < 1.29 is 14.1 Å². The lowest BCUT2D eigenvalue weighted by Crippen LogP contribution is -2.48. The Labute approximate surface area is 199 Å². The second-order valence-electron chi connectivity index (χ2n) is 7.81. The average molecular weight is 486 g/mol. The van der Waals surface area contributed by atoms with Gasteiger partial charge in [-0.15, -0.1) is 0 Å². The molecular formula is C22H24FN7O3S. The third-order valence-corrected chi connectivity index (χ3v) is 6.24. The summed E-state index contributed by atoms with van der Waals surface area (Å²) in [6.45, 7) is 4.53. The molecule has 0 radical (unpaired) electrons. The number of nitrogens with zero attached hydrogens (tertiary/aromatic N) is 5. The molecule has 3 aromatic rings. The molecule has 0 unspecified atom stereocenters. The van der Waals surface area contributed by atoms with E-state index >= 15 is 0 Å². The van der Waals surface area contributed by atoms with Crippen LogP contribution in [0, 0.1) is 15.9 Å². The van der Waals surface area contributed by atoms with Crippen LogP contribution in [0.15, 0.2) is 48.5 Å². The first-order valence-corrected chi connectivity index (χ1v) is 11.6. The summed E-state index contributed by atoms with van der Waals surface area (Å²) in [5.41, 5.74) is 1.44. The van der Waals surface area contributed by atoms with E-state index in [1.54, 1.807) is 12.1 Å². The Hall–Kier alpha value is -3.64. The van der Waals surface area contributed by atoms with Gasteiger partial charge in [-0.1, -0.05) is 12.1 Å². The van der Waals surface area contributed by atoms with Gasteiger partial charge in [-0.05, 0) is 29.8 Å². The fraction of sp³-hybridized carbons (Fsp3) is 0.318. The van der Waals surface area contributed by atoms with Crippen LogP contribution in [-0.4, -0.2) is 64.5 Å². The number of halogens is 1. The maximum atomic E-state index is 13.1. The number of carbonyl (C=O) groups is 1. The van der Waals surface area contributed by atoms with Gasteiger partial charge in [0.05, 0.1) is 4.92 Å². The van der Waals surface area contributed by atoms with Crippen molar-refractivity contribution >= 4 is 34.1 Å². The Morgan fingerprint density at radius 3 is 2.47 bits per heavy atom. The number of aromatic nitrogens is 2. The molecule has 0 atom stereocenters. The number of rotatable bonds is 8. The molecule has 0 spiro atoms. The number of benzene rings is 2. The summed E-state index contributed by atoms with van der Waals surface area (Å²) < 4.78 is 17.5. The molecular weight excluding hydrogens is 461 g/mol. The van der Waals surface area contributed by atoms with E-state index in [0.29, 0.717) is 25.2 Å². The highest BCUT2D eigenvalue weighted by Gasteiger charge is 2.20. The lowest BCUT2D eigenvalue weighted by atomic mass is 10.1. The highest BCUT2D eigenvalue weighted by Crippen LogP contribution is 2.20. The van der Waals surface area contributed by atoms with Crippen molar-refractivity contribution in [2.45, 2.75) is 6.42 Å². The number of anilines is 2. The van der Waals surface area contributed by atoms with Gasteiger partial charge in [0.25, 0.3) is 5.69 Å². The van der Waals surface area contributed by atoms with Crippen molar-refractivity contribution in [1.82, 2.24) is 19.6 Å². The molecule has 34 heavy (non-hydrogen) atoms. The van der Waals surface area contributed by atoms with Crippen LogP contribution < -0.4 is 15.5 Å². The van der Waals surface area contributed by atoms with Gasteiger partial charge in [0, 0.05) is 75.0 Å². The van der Waals surface area contributed by atoms with Crippen molar-refractivity contribution in [2.75, 3.05) is 49.5 Å². The van der Waals surface area contributed by atoms with E-state index in [0.717, 1.165) is 42.7 Å². The highest BCUT2D eigenvalue weighted by atomic mass is 32.1. The minimum atomic E-state index is -0.485. The Morgan fingerprint density at radius 2 is 1.79 bits per heavy atom. The summed E-state index contributed by atoms with van der Waals surface area (Å²) in [5.74, 6) is 0.478. The molecule has 10 nitrogen and oxygen atoms in total. The second kappa shape index (κ2) is 11.0. The molecule has 1 fully saturated rings. The van der Waals surface area contributed by atoms with Crippen LogP contribution >= 0.6 is 11.5 Å². The number of piperazine rings is 1. The molecule has 2 N–H and O–H groups in total. The maximum Gasteiger partial charge on any atom is 0.319 e. The van der Waals surface area contributed by atoms with Crippen LogP contribution in [0.5, 0.6) is 0 Å². The molecule has 1 saturated heterocycles. The molecule has 0 aliphatic carbocycles. The number of urea groups is 1. The highest BCUT2D eigenvalue weighted by molar-refractivity contribution is 7.09. The standard InChI is InChI=1S/C22H24FN7O3S/c23-17-3-1-16(2-4-17)15-20-26-22(34-27-20)29-13-11-28(12-14-29)10-9-24-21(31)25-18-5-7-19(8-6-18)30(32)33/h1-8H,9-15H2,(H2,24,25,31). The quantitative estimate of drug-likeness (QED) is 0.372. The summed E-state index contributed by atoms with van der Waals surface area (Å²) in [6.07, 6.45) is 0.574. The minimum Gasteiger partial charge on any atom is -0.344 e. The third-order valence-electron chi connectivity index (χ3n) is 5.43. The number of hydrogen-bond acceptors (Lipinski definition) is 8. The monoisotopic (exact) mass is 485 g/mol. The zero-order chi connectivity index (χ0) is 23.9. The van der Waals surface area contributed by atoms with Gasteiger partial charge in [-0.25, -0.2) is 14.2 Å². The van der Waals surface area contributed by atoms with Gasteiger partial charge in [0.15, 0.2) is 0 Å². The van der Waals surface area contributed by atoms with Gasteiger partial charge in [-0.2, -0.15) is 4.37 Å². The molecule has 0 bridgehead atoms. The number of nitro benzene ring substituents is 1. The molecule has 1 aliphatic rings. The van der Waals surface area contributed by atoms with Gasteiger partial charge in [-0.3, -0.25) is 15.0 Å². The second-order valence-corrected chi connectivity index (χ2v) is 8.54.